The van der Waals surface area contributed by atoms with Crippen LogP contribution in [0.5, 0.6) is 5.75 Å². The molecule has 1 aliphatic heterocycles. The fourth-order valence-electron chi connectivity index (χ4n) is 3.52. The summed E-state index contributed by atoms with van der Waals surface area (Å²) in [5.74, 6) is 1.51. The minimum absolute atomic E-state index is 0. The lowest BCUT2D eigenvalue weighted by atomic mass is 10.1. The molecule has 0 unspecified atom stereocenters. The average Bonchev–Trinajstić information content (AvgIpc) is 2.80. The van der Waals surface area contributed by atoms with Gasteiger partial charge in [0.1, 0.15) is 5.75 Å². The van der Waals surface area contributed by atoms with E-state index in [2.05, 4.69) is 32.7 Å². The van der Waals surface area contributed by atoms with Crippen molar-refractivity contribution >= 4 is 41.5 Å². The van der Waals surface area contributed by atoms with Crippen LogP contribution in [0.15, 0.2) is 53.5 Å². The van der Waals surface area contributed by atoms with Crippen LogP contribution in [0.3, 0.4) is 0 Å². The monoisotopic (exact) mass is 537 g/mol. The van der Waals surface area contributed by atoms with E-state index in [-0.39, 0.29) is 36.4 Å². The fourth-order valence-corrected chi connectivity index (χ4v) is 3.52. The van der Waals surface area contributed by atoms with E-state index in [1.54, 1.807) is 14.2 Å². The Kier molecular flexibility index (Phi) is 9.90. The van der Waals surface area contributed by atoms with Gasteiger partial charge in [-0.25, -0.2) is 0 Å². The van der Waals surface area contributed by atoms with Gasteiger partial charge < -0.3 is 25.2 Å². The van der Waals surface area contributed by atoms with Crippen LogP contribution in [-0.2, 0) is 11.3 Å². The first-order valence-electron chi connectivity index (χ1n) is 10.3. The summed E-state index contributed by atoms with van der Waals surface area (Å²) in [5, 5.41) is 6.37. The van der Waals surface area contributed by atoms with Crippen molar-refractivity contribution in [2.75, 3.05) is 51.8 Å². The fraction of sp³-hybridized carbons (Fsp3) is 0.391. The van der Waals surface area contributed by atoms with Crippen LogP contribution < -0.4 is 20.3 Å². The summed E-state index contributed by atoms with van der Waals surface area (Å²) in [5.41, 5.74) is 3.39. The molecule has 0 bridgehead atoms. The van der Waals surface area contributed by atoms with E-state index < -0.39 is 0 Å². The maximum atomic E-state index is 12.6. The topological polar surface area (TPSA) is 69.2 Å². The van der Waals surface area contributed by atoms with Gasteiger partial charge in [-0.3, -0.25) is 9.79 Å². The zero-order valence-electron chi connectivity index (χ0n) is 18.4. The zero-order chi connectivity index (χ0) is 21.3. The number of halogens is 1. The third-order valence-corrected chi connectivity index (χ3v) is 5.27. The van der Waals surface area contributed by atoms with Crippen LogP contribution in [0.25, 0.3) is 0 Å². The highest BCUT2D eigenvalue weighted by Crippen LogP contribution is 2.19. The van der Waals surface area contributed by atoms with Crippen molar-refractivity contribution in [2.24, 2.45) is 4.99 Å². The number of nitrogens with one attached hydrogen (secondary N) is 2. The molecule has 1 aliphatic rings. The molecule has 0 spiro atoms. The van der Waals surface area contributed by atoms with Gasteiger partial charge in [-0.1, -0.05) is 30.3 Å². The summed E-state index contributed by atoms with van der Waals surface area (Å²) in [4.78, 5) is 21.1. The first-order chi connectivity index (χ1) is 14.6. The highest BCUT2D eigenvalue weighted by Gasteiger charge is 2.21. The van der Waals surface area contributed by atoms with Crippen LogP contribution in [0.2, 0.25) is 0 Å². The van der Waals surface area contributed by atoms with Gasteiger partial charge >= 0.3 is 0 Å². The predicted octanol–water partition coefficient (Wildman–Crippen LogP) is 2.64. The van der Waals surface area contributed by atoms with E-state index in [1.807, 2.05) is 48.2 Å². The van der Waals surface area contributed by atoms with Crippen LogP contribution in [0.4, 0.5) is 5.69 Å². The maximum absolute atomic E-state index is 12.6. The van der Waals surface area contributed by atoms with Crippen molar-refractivity contribution in [3.8, 4) is 5.75 Å². The van der Waals surface area contributed by atoms with Crippen LogP contribution in [0.1, 0.15) is 11.1 Å². The Morgan fingerprint density at radius 3 is 2.42 bits per heavy atom. The molecule has 0 atom stereocenters. The van der Waals surface area contributed by atoms with E-state index in [0.717, 1.165) is 43.1 Å². The van der Waals surface area contributed by atoms with Gasteiger partial charge in [0.15, 0.2) is 5.96 Å². The summed E-state index contributed by atoms with van der Waals surface area (Å²) >= 11 is 0. The molecule has 7 nitrogen and oxygen atoms in total. The summed E-state index contributed by atoms with van der Waals surface area (Å²) in [6.45, 7) is 5.95. The molecule has 0 aliphatic carbocycles. The summed E-state index contributed by atoms with van der Waals surface area (Å²) in [6, 6.07) is 16.4. The smallest absolute Gasteiger partial charge is 0.242 e. The number of rotatable bonds is 6. The number of amides is 1. The van der Waals surface area contributed by atoms with Gasteiger partial charge in [-0.2, -0.15) is 0 Å². The van der Waals surface area contributed by atoms with E-state index in [9.17, 15) is 4.79 Å². The molecule has 8 heteroatoms. The van der Waals surface area contributed by atoms with Crippen molar-refractivity contribution in [3.63, 3.8) is 0 Å². The number of nitrogens with zero attached hydrogens (tertiary/aromatic N) is 3. The minimum atomic E-state index is 0. The maximum Gasteiger partial charge on any atom is 0.242 e. The number of hydrogen-bond donors (Lipinski definition) is 2. The number of carbonyl (C=O) groups is 1. The normalized spacial score (nSPS) is 14.0. The number of guanidine groups is 1. The van der Waals surface area contributed by atoms with Crippen LogP contribution in [-0.4, -0.2) is 63.6 Å². The Morgan fingerprint density at radius 1 is 1.06 bits per heavy atom. The number of carbonyl (C=O) groups excluding carboxylic acids is 1. The van der Waals surface area contributed by atoms with Crippen LogP contribution >= 0.6 is 24.0 Å². The Morgan fingerprint density at radius 2 is 1.77 bits per heavy atom. The number of benzene rings is 2. The number of piperazine rings is 1. The molecule has 1 fully saturated rings. The summed E-state index contributed by atoms with van der Waals surface area (Å²) in [6.07, 6.45) is 0. The minimum Gasteiger partial charge on any atom is -0.496 e. The van der Waals surface area contributed by atoms with E-state index >= 15 is 0 Å². The Balaban J connectivity index is 0.00000341. The number of para-hydroxylation sites is 1. The Bertz CT molecular complexity index is 868. The summed E-state index contributed by atoms with van der Waals surface area (Å²) < 4.78 is 5.45. The Hall–Kier alpha value is -2.49. The standard InChI is InChI=1S/C23H31N5O2.HI/c1-18-9-10-19(21(15-18)30-3)16-25-23(24-2)26-17-22(29)28-13-11-27(12-14-28)20-7-5-4-6-8-20;/h4-10,15H,11-14,16-17H2,1-3H3,(H2,24,25,26);1H. The van der Waals surface area contributed by atoms with Crippen LogP contribution in [0, 0.1) is 6.92 Å². The highest BCUT2D eigenvalue weighted by molar-refractivity contribution is 14.0. The van der Waals surface area contributed by atoms with Gasteiger partial charge in [-0.05, 0) is 30.7 Å². The molecule has 1 heterocycles. The van der Waals surface area contributed by atoms with Crippen molar-refractivity contribution in [1.82, 2.24) is 15.5 Å². The molecule has 0 radical (unpaired) electrons. The molecule has 1 amide bonds. The second-order valence-electron chi connectivity index (χ2n) is 7.30. The Labute approximate surface area is 201 Å². The molecule has 2 aromatic carbocycles. The van der Waals surface area contributed by atoms with Gasteiger partial charge in [0.05, 0.1) is 13.7 Å². The van der Waals surface area contributed by atoms with Crippen molar-refractivity contribution < 1.29 is 9.53 Å². The van der Waals surface area contributed by atoms with Gasteiger partial charge in [0.2, 0.25) is 5.91 Å². The molecular weight excluding hydrogens is 505 g/mol. The molecule has 1 saturated heterocycles. The molecule has 2 aromatic rings. The number of methoxy groups -OCH3 is 1. The number of hydrogen-bond acceptors (Lipinski definition) is 4. The SMILES string of the molecule is CN=C(NCC(=O)N1CCN(c2ccccc2)CC1)NCc1ccc(C)cc1OC.I. The number of ether oxygens (including phenoxy) is 1. The average molecular weight is 537 g/mol. The molecule has 31 heavy (non-hydrogen) atoms. The lowest BCUT2D eigenvalue weighted by molar-refractivity contribution is -0.130. The van der Waals surface area contributed by atoms with Gasteiger partial charge in [0.25, 0.3) is 0 Å². The van der Waals surface area contributed by atoms with E-state index in [4.69, 9.17) is 4.74 Å². The van der Waals surface area contributed by atoms with Crippen molar-refractivity contribution in [2.45, 2.75) is 13.5 Å². The van der Waals surface area contributed by atoms with Gasteiger partial charge in [-0.15, -0.1) is 24.0 Å². The second-order valence-corrected chi connectivity index (χ2v) is 7.30. The zero-order valence-corrected chi connectivity index (χ0v) is 20.8. The number of aryl methyl sites for hydroxylation is 1. The second kappa shape index (κ2) is 12.4. The quantitative estimate of drug-likeness (QED) is 0.337. The van der Waals surface area contributed by atoms with Gasteiger partial charge in [0, 0.05) is 51.0 Å². The lowest BCUT2D eigenvalue weighted by Gasteiger charge is -2.36. The number of aliphatic imine (C=N–C) groups is 1. The molecular formula is C23H32IN5O2. The third-order valence-electron chi connectivity index (χ3n) is 5.27. The van der Waals surface area contributed by atoms with E-state index in [1.165, 1.54) is 5.69 Å². The largest absolute Gasteiger partial charge is 0.496 e. The lowest BCUT2D eigenvalue weighted by Crippen LogP contribution is -2.52. The highest BCUT2D eigenvalue weighted by atomic mass is 127. The number of anilines is 1. The van der Waals surface area contributed by atoms with Crippen molar-refractivity contribution in [1.29, 1.82) is 0 Å². The molecule has 0 aromatic heterocycles. The summed E-state index contributed by atoms with van der Waals surface area (Å²) in [7, 11) is 3.37. The first-order valence-corrected chi connectivity index (χ1v) is 10.3. The third kappa shape index (κ3) is 7.02. The predicted molar refractivity (Wildman–Crippen MR) is 137 cm³/mol. The molecule has 0 saturated carbocycles. The van der Waals surface area contributed by atoms with E-state index in [0.29, 0.717) is 12.5 Å². The first kappa shape index (κ1) is 24.8. The molecule has 2 N–H and O–H groups in total. The molecule has 3 rings (SSSR count). The van der Waals surface area contributed by atoms with Crippen molar-refractivity contribution in [3.05, 3.63) is 59.7 Å². The molecule has 168 valence electrons.